The maximum atomic E-state index is 10.7. The quantitative estimate of drug-likeness (QED) is 0.802. The number of nitrogens with two attached hydrogens (primary N) is 1. The Balaban J connectivity index is 2.94. The van der Waals surface area contributed by atoms with Gasteiger partial charge in [0.25, 0.3) is 0 Å². The number of thiazole rings is 1. The number of anilines is 1. The van der Waals surface area contributed by atoms with E-state index in [1.807, 2.05) is 0 Å². The van der Waals surface area contributed by atoms with Crippen LogP contribution in [0, 0.1) is 0 Å². The molecule has 0 saturated heterocycles. The summed E-state index contributed by atoms with van der Waals surface area (Å²) in [7, 11) is 0. The van der Waals surface area contributed by atoms with E-state index in [0.717, 1.165) is 11.3 Å². The first-order valence-corrected chi connectivity index (χ1v) is 4.80. The number of nitrogens with zero attached hydrogens (tertiary/aromatic N) is 1. The third-order valence-corrected chi connectivity index (χ3v) is 2.48. The van der Waals surface area contributed by atoms with Gasteiger partial charge in [-0.3, -0.25) is 9.59 Å². The normalized spacial score (nSPS) is 12.1. The van der Waals surface area contributed by atoms with Crippen LogP contribution in [0.4, 0.5) is 5.13 Å². The second-order valence-electron chi connectivity index (χ2n) is 2.46. The predicted molar refractivity (Wildman–Crippen MR) is 53.8 cm³/mol. The smallest absolute Gasteiger partial charge is 0.229 e. The average Bonchev–Trinajstić information content (AvgIpc) is 2.41. The number of hydrogen-bond donors (Lipinski definition) is 2. The zero-order valence-corrected chi connectivity index (χ0v) is 8.78. The SMILES string of the molecule is CC(=O)NC([C]=O)c1nc(N)sc1Cl. The number of carbonyl (C=O) groups excluding carboxylic acids is 2. The topological polar surface area (TPSA) is 85.1 Å². The van der Waals surface area contributed by atoms with E-state index in [9.17, 15) is 9.59 Å². The maximum Gasteiger partial charge on any atom is 0.229 e. The van der Waals surface area contributed by atoms with Crippen molar-refractivity contribution in [2.24, 2.45) is 0 Å². The van der Waals surface area contributed by atoms with Gasteiger partial charge in [0.1, 0.15) is 16.1 Å². The highest BCUT2D eigenvalue weighted by Crippen LogP contribution is 2.29. The molecule has 1 radical (unpaired) electrons. The van der Waals surface area contributed by atoms with Crippen molar-refractivity contribution in [3.8, 4) is 0 Å². The summed E-state index contributed by atoms with van der Waals surface area (Å²) in [6, 6.07) is -0.950. The molecule has 14 heavy (non-hydrogen) atoms. The van der Waals surface area contributed by atoms with Gasteiger partial charge in [-0.1, -0.05) is 22.9 Å². The van der Waals surface area contributed by atoms with Gasteiger partial charge in [-0.15, -0.1) is 0 Å². The summed E-state index contributed by atoms with van der Waals surface area (Å²) in [5.74, 6) is -0.360. The number of nitrogens with one attached hydrogen (secondary N) is 1. The fraction of sp³-hybridized carbons (Fsp3) is 0.286. The Labute approximate surface area is 89.3 Å². The molecule has 5 nitrogen and oxygen atoms in total. The Hall–Kier alpha value is -1.14. The molecule has 1 heterocycles. The standard InChI is InChI=1S/C7H7ClN3O2S/c1-3(13)10-4(2-12)5-6(8)14-7(9)11-5/h4H,1H3,(H2,9,11)(H,10,13). The molecule has 1 rings (SSSR count). The Morgan fingerprint density at radius 3 is 2.79 bits per heavy atom. The lowest BCUT2D eigenvalue weighted by Crippen LogP contribution is -2.27. The Morgan fingerprint density at radius 1 is 1.79 bits per heavy atom. The van der Waals surface area contributed by atoms with Crippen LogP contribution >= 0.6 is 22.9 Å². The first kappa shape index (κ1) is 10.9. The number of rotatable bonds is 3. The summed E-state index contributed by atoms with van der Waals surface area (Å²) in [5.41, 5.74) is 5.62. The minimum atomic E-state index is -0.950. The summed E-state index contributed by atoms with van der Waals surface area (Å²) in [6.45, 7) is 1.29. The highest BCUT2D eigenvalue weighted by Gasteiger charge is 2.20. The van der Waals surface area contributed by atoms with Crippen LogP contribution in [-0.4, -0.2) is 17.2 Å². The molecule has 1 aromatic rings. The molecule has 1 aromatic heterocycles. The number of halogens is 1. The summed E-state index contributed by atoms with van der Waals surface area (Å²) in [5, 5.41) is 2.59. The number of aromatic nitrogens is 1. The molecule has 7 heteroatoms. The van der Waals surface area contributed by atoms with Crippen molar-refractivity contribution >= 4 is 40.3 Å². The lowest BCUT2D eigenvalue weighted by molar-refractivity contribution is -0.119. The third kappa shape index (κ3) is 2.43. The first-order valence-electron chi connectivity index (χ1n) is 3.61. The molecule has 1 amide bonds. The van der Waals surface area contributed by atoms with Crippen molar-refractivity contribution in [3.63, 3.8) is 0 Å². The van der Waals surface area contributed by atoms with Gasteiger partial charge in [-0.25, -0.2) is 4.98 Å². The molecule has 0 aromatic carbocycles. The highest BCUT2D eigenvalue weighted by atomic mass is 35.5. The fourth-order valence-corrected chi connectivity index (χ4v) is 1.85. The lowest BCUT2D eigenvalue weighted by atomic mass is 10.2. The molecule has 1 unspecified atom stereocenters. The van der Waals surface area contributed by atoms with Crippen LogP contribution in [0.2, 0.25) is 4.34 Å². The van der Waals surface area contributed by atoms with Gasteiger partial charge >= 0.3 is 0 Å². The van der Waals surface area contributed by atoms with Crippen LogP contribution < -0.4 is 11.1 Å². The minimum Gasteiger partial charge on any atom is -0.375 e. The van der Waals surface area contributed by atoms with Crippen LogP contribution in [-0.2, 0) is 9.59 Å². The number of amides is 1. The molecular formula is C7H7ClN3O2S. The van der Waals surface area contributed by atoms with Gasteiger partial charge in [0.15, 0.2) is 5.13 Å². The molecule has 0 bridgehead atoms. The molecule has 0 aliphatic rings. The zero-order chi connectivity index (χ0) is 10.7. The number of nitrogen functional groups attached to an aromatic ring is 1. The van der Waals surface area contributed by atoms with E-state index in [0.29, 0.717) is 0 Å². The molecule has 0 saturated carbocycles. The van der Waals surface area contributed by atoms with Crippen molar-refractivity contribution < 1.29 is 9.59 Å². The fourth-order valence-electron chi connectivity index (χ4n) is 0.865. The molecule has 0 aliphatic carbocycles. The summed E-state index contributed by atoms with van der Waals surface area (Å²) < 4.78 is 0.282. The average molecular weight is 233 g/mol. The summed E-state index contributed by atoms with van der Waals surface area (Å²) >= 11 is 6.79. The third-order valence-electron chi connectivity index (χ3n) is 1.37. The van der Waals surface area contributed by atoms with Crippen molar-refractivity contribution in [2.45, 2.75) is 13.0 Å². The maximum absolute atomic E-state index is 10.7. The molecule has 0 spiro atoms. The summed E-state index contributed by atoms with van der Waals surface area (Å²) in [4.78, 5) is 25.1. The number of carbonyl (C=O) groups is 1. The van der Waals surface area contributed by atoms with E-state index in [1.54, 1.807) is 6.29 Å². The van der Waals surface area contributed by atoms with Crippen molar-refractivity contribution in [1.29, 1.82) is 0 Å². The molecule has 0 fully saturated rings. The molecule has 75 valence electrons. The monoisotopic (exact) mass is 232 g/mol. The molecule has 3 N–H and O–H groups in total. The van der Waals surface area contributed by atoms with Gasteiger partial charge in [0.05, 0.1) is 0 Å². The van der Waals surface area contributed by atoms with E-state index >= 15 is 0 Å². The van der Waals surface area contributed by atoms with E-state index in [1.165, 1.54) is 6.92 Å². The second-order valence-corrected chi connectivity index (χ2v) is 4.10. The van der Waals surface area contributed by atoms with Crippen molar-refractivity contribution in [1.82, 2.24) is 10.3 Å². The van der Waals surface area contributed by atoms with Gasteiger partial charge in [-0.2, -0.15) is 0 Å². The zero-order valence-electron chi connectivity index (χ0n) is 7.20. The second kappa shape index (κ2) is 4.39. The Kier molecular flexibility index (Phi) is 3.43. The Bertz CT molecular complexity index is 366. The summed E-state index contributed by atoms with van der Waals surface area (Å²) in [6.07, 6.45) is 1.63. The highest BCUT2D eigenvalue weighted by molar-refractivity contribution is 7.19. The van der Waals surface area contributed by atoms with Gasteiger partial charge in [0, 0.05) is 6.92 Å². The lowest BCUT2D eigenvalue weighted by Gasteiger charge is -2.07. The van der Waals surface area contributed by atoms with Crippen molar-refractivity contribution in [2.75, 3.05) is 5.73 Å². The Morgan fingerprint density at radius 2 is 2.43 bits per heavy atom. The van der Waals surface area contributed by atoms with E-state index in [2.05, 4.69) is 10.3 Å². The van der Waals surface area contributed by atoms with Crippen LogP contribution in [0.1, 0.15) is 18.7 Å². The minimum absolute atomic E-state index is 0.236. The van der Waals surface area contributed by atoms with Gasteiger partial charge in [0.2, 0.25) is 12.2 Å². The van der Waals surface area contributed by atoms with Gasteiger partial charge < -0.3 is 11.1 Å². The van der Waals surface area contributed by atoms with Crippen molar-refractivity contribution in [3.05, 3.63) is 10.0 Å². The molecule has 1 atom stereocenters. The van der Waals surface area contributed by atoms with Crippen LogP contribution in [0.15, 0.2) is 0 Å². The van der Waals surface area contributed by atoms with Crippen LogP contribution in [0.3, 0.4) is 0 Å². The largest absolute Gasteiger partial charge is 0.375 e. The molecule has 0 aliphatic heterocycles. The van der Waals surface area contributed by atoms with Crippen LogP contribution in [0.5, 0.6) is 0 Å². The first-order chi connectivity index (χ1) is 6.54. The number of hydrogen-bond acceptors (Lipinski definition) is 5. The van der Waals surface area contributed by atoms with E-state index in [-0.39, 0.29) is 21.1 Å². The van der Waals surface area contributed by atoms with Gasteiger partial charge in [-0.05, 0) is 0 Å². The van der Waals surface area contributed by atoms with E-state index in [4.69, 9.17) is 17.3 Å². The molecular weight excluding hydrogens is 226 g/mol. The predicted octanol–water partition coefficient (Wildman–Crippen LogP) is 0.666. The van der Waals surface area contributed by atoms with Crippen LogP contribution in [0.25, 0.3) is 0 Å². The van der Waals surface area contributed by atoms with E-state index < -0.39 is 6.04 Å².